The highest BCUT2D eigenvalue weighted by Gasteiger charge is 2.23. The predicted octanol–water partition coefficient (Wildman–Crippen LogP) is 4.53. The van der Waals surface area contributed by atoms with Crippen molar-refractivity contribution in [1.29, 1.82) is 0 Å². The van der Waals surface area contributed by atoms with E-state index in [-0.39, 0.29) is 12.5 Å². The van der Waals surface area contributed by atoms with Gasteiger partial charge in [0.2, 0.25) is 0 Å². The molecule has 0 bridgehead atoms. The van der Waals surface area contributed by atoms with E-state index in [1.807, 2.05) is 6.92 Å². The van der Waals surface area contributed by atoms with Crippen LogP contribution in [0, 0.1) is 0 Å². The number of allylic oxidation sites excluding steroid dienone is 3. The highest BCUT2D eigenvalue weighted by Crippen LogP contribution is 2.19. The van der Waals surface area contributed by atoms with Gasteiger partial charge in [-0.3, -0.25) is 4.79 Å². The van der Waals surface area contributed by atoms with Gasteiger partial charge in [0.05, 0.1) is 12.3 Å². The number of methoxy groups -OCH3 is 1. The monoisotopic (exact) mass is 412 g/mol. The number of benzene rings is 1. The second-order valence-corrected chi connectivity index (χ2v) is 7.50. The molecule has 0 radical (unpaired) electrons. The zero-order valence-corrected chi connectivity index (χ0v) is 18.5. The number of rotatable bonds is 5. The molecule has 1 saturated heterocycles. The number of carbonyl (C=O) groups is 1. The molecule has 5 heteroatoms. The fourth-order valence-electron chi connectivity index (χ4n) is 3.55. The molecule has 0 saturated carbocycles. The van der Waals surface area contributed by atoms with Crippen LogP contribution in [0.1, 0.15) is 44.6 Å². The Morgan fingerprint density at radius 1 is 1.17 bits per heavy atom. The quantitative estimate of drug-likeness (QED) is 0.772. The minimum atomic E-state index is -0.0369. The van der Waals surface area contributed by atoms with Crippen molar-refractivity contribution < 1.29 is 14.3 Å². The van der Waals surface area contributed by atoms with Crippen LogP contribution in [0.5, 0.6) is 0 Å². The molecule has 1 aromatic carbocycles. The molecule has 1 N–H and O–H groups in total. The van der Waals surface area contributed by atoms with Crippen molar-refractivity contribution in [2.75, 3.05) is 40.0 Å². The van der Waals surface area contributed by atoms with Crippen molar-refractivity contribution in [1.82, 2.24) is 10.2 Å². The van der Waals surface area contributed by atoms with Crippen molar-refractivity contribution in [2.45, 2.75) is 39.0 Å². The molecule has 0 aliphatic carbocycles. The Kier molecular flexibility index (Phi) is 11.0. The Hall–Kier alpha value is -2.37. The average molecular weight is 413 g/mol. The standard InChI is InChI=1S/C15H21N.C10H15NO3/c1-2-7-14(8-3-1)13-15-9-4-5-11-16-12-6-10-15;1-4-9-8(2)11(5-6-13-3)10(12)7-14-9/h1-3,7-8,13,16H,4-6,9-12H2;4H,1,5-7H2,2-3H3/b15-13+;. The highest BCUT2D eigenvalue weighted by atomic mass is 16.5. The van der Waals surface area contributed by atoms with E-state index in [4.69, 9.17) is 9.47 Å². The van der Waals surface area contributed by atoms with Crippen LogP contribution in [0.3, 0.4) is 0 Å². The molecule has 0 unspecified atom stereocenters. The fraction of sp³-hybridized carbons (Fsp3) is 0.480. The third kappa shape index (κ3) is 8.17. The van der Waals surface area contributed by atoms with Crippen LogP contribution in [0.4, 0.5) is 0 Å². The second-order valence-electron chi connectivity index (χ2n) is 7.50. The lowest BCUT2D eigenvalue weighted by Crippen LogP contribution is -2.39. The summed E-state index contributed by atoms with van der Waals surface area (Å²) < 4.78 is 10.1. The number of nitrogens with zero attached hydrogens (tertiary/aromatic N) is 1. The van der Waals surface area contributed by atoms with Gasteiger partial charge < -0.3 is 19.7 Å². The summed E-state index contributed by atoms with van der Waals surface area (Å²) in [6.07, 6.45) is 10.4. The first-order valence-electron chi connectivity index (χ1n) is 10.9. The zero-order valence-electron chi connectivity index (χ0n) is 18.5. The smallest absolute Gasteiger partial charge is 0.264 e. The number of hydrogen-bond donors (Lipinski definition) is 1. The Labute approximate surface area is 181 Å². The first kappa shape index (κ1) is 23.9. The number of amides is 1. The fourth-order valence-corrected chi connectivity index (χ4v) is 3.55. The summed E-state index contributed by atoms with van der Waals surface area (Å²) in [5.74, 6) is 0.630. The third-order valence-electron chi connectivity index (χ3n) is 5.24. The van der Waals surface area contributed by atoms with Crippen LogP contribution in [0.15, 0.2) is 60.0 Å². The van der Waals surface area contributed by atoms with Crippen molar-refractivity contribution in [3.8, 4) is 0 Å². The lowest BCUT2D eigenvalue weighted by atomic mass is 10.0. The molecule has 1 aromatic rings. The Morgan fingerprint density at radius 3 is 2.63 bits per heavy atom. The summed E-state index contributed by atoms with van der Waals surface area (Å²) in [5, 5.41) is 3.48. The van der Waals surface area contributed by atoms with Gasteiger partial charge >= 0.3 is 0 Å². The normalized spacial score (nSPS) is 19.2. The molecule has 0 aromatic heterocycles. The zero-order chi connectivity index (χ0) is 21.6. The van der Waals surface area contributed by atoms with Crippen molar-refractivity contribution in [2.24, 2.45) is 0 Å². The summed E-state index contributed by atoms with van der Waals surface area (Å²) in [5.41, 5.74) is 3.77. The highest BCUT2D eigenvalue weighted by molar-refractivity contribution is 5.80. The van der Waals surface area contributed by atoms with Crippen LogP contribution in [-0.4, -0.2) is 50.8 Å². The lowest BCUT2D eigenvalue weighted by Gasteiger charge is -2.29. The maximum Gasteiger partial charge on any atom is 0.264 e. The minimum Gasteiger partial charge on any atom is -0.482 e. The molecule has 2 aliphatic rings. The van der Waals surface area contributed by atoms with E-state index >= 15 is 0 Å². The molecule has 2 heterocycles. The van der Waals surface area contributed by atoms with Gasteiger partial charge in [-0.05, 0) is 63.8 Å². The van der Waals surface area contributed by atoms with Crippen LogP contribution in [-0.2, 0) is 14.3 Å². The minimum absolute atomic E-state index is 0.0369. The number of ether oxygens (including phenoxy) is 2. The Balaban J connectivity index is 0.000000216. The predicted molar refractivity (Wildman–Crippen MR) is 123 cm³/mol. The van der Waals surface area contributed by atoms with E-state index in [0.29, 0.717) is 18.9 Å². The van der Waals surface area contributed by atoms with Gasteiger partial charge in [0.15, 0.2) is 6.61 Å². The largest absolute Gasteiger partial charge is 0.482 e. The van der Waals surface area contributed by atoms with Gasteiger partial charge in [-0.15, -0.1) is 0 Å². The first-order chi connectivity index (χ1) is 14.7. The summed E-state index contributed by atoms with van der Waals surface area (Å²) >= 11 is 0. The topological polar surface area (TPSA) is 50.8 Å². The maximum absolute atomic E-state index is 11.4. The molecule has 1 amide bonds. The van der Waals surface area contributed by atoms with Crippen molar-refractivity contribution in [3.63, 3.8) is 0 Å². The van der Waals surface area contributed by atoms with Gasteiger partial charge in [0.25, 0.3) is 5.91 Å². The number of hydrogen-bond acceptors (Lipinski definition) is 4. The van der Waals surface area contributed by atoms with E-state index in [1.54, 1.807) is 23.7 Å². The number of carbonyl (C=O) groups excluding carboxylic acids is 1. The maximum atomic E-state index is 11.4. The van der Waals surface area contributed by atoms with Gasteiger partial charge in [-0.1, -0.05) is 48.6 Å². The van der Waals surface area contributed by atoms with E-state index in [0.717, 1.165) is 5.70 Å². The van der Waals surface area contributed by atoms with Crippen LogP contribution >= 0.6 is 0 Å². The molecule has 0 spiro atoms. The van der Waals surface area contributed by atoms with E-state index in [2.05, 4.69) is 48.3 Å². The van der Waals surface area contributed by atoms with Gasteiger partial charge in [-0.25, -0.2) is 0 Å². The molecule has 1 fully saturated rings. The molecular weight excluding hydrogens is 376 g/mol. The van der Waals surface area contributed by atoms with Crippen molar-refractivity contribution in [3.05, 3.63) is 65.6 Å². The SMILES string of the molecule is C(=C1/CCCCNCCC1)/c1ccccc1.C=CC1=C(C)N(CCOC)C(=O)CO1. The summed E-state index contributed by atoms with van der Waals surface area (Å²) in [6.45, 7) is 8.99. The lowest BCUT2D eigenvalue weighted by molar-refractivity contribution is -0.135. The average Bonchev–Trinajstić information content (AvgIpc) is 2.89. The molecule has 5 nitrogen and oxygen atoms in total. The van der Waals surface area contributed by atoms with Gasteiger partial charge in [-0.2, -0.15) is 0 Å². The molecule has 164 valence electrons. The number of nitrogens with one attached hydrogen (secondary N) is 1. The molecule has 0 atom stereocenters. The van der Waals surface area contributed by atoms with E-state index in [1.165, 1.54) is 50.8 Å². The van der Waals surface area contributed by atoms with Gasteiger partial charge in [0, 0.05) is 13.7 Å². The summed E-state index contributed by atoms with van der Waals surface area (Å²) in [6, 6.07) is 10.7. The van der Waals surface area contributed by atoms with Crippen LogP contribution in [0.25, 0.3) is 6.08 Å². The first-order valence-corrected chi connectivity index (χ1v) is 10.9. The molecule has 30 heavy (non-hydrogen) atoms. The van der Waals surface area contributed by atoms with Crippen molar-refractivity contribution >= 4 is 12.0 Å². The molecule has 3 rings (SSSR count). The van der Waals surface area contributed by atoms with E-state index in [9.17, 15) is 4.79 Å². The summed E-state index contributed by atoms with van der Waals surface area (Å²) in [7, 11) is 1.61. The van der Waals surface area contributed by atoms with Gasteiger partial charge in [0.1, 0.15) is 5.76 Å². The Bertz CT molecular complexity index is 713. The third-order valence-corrected chi connectivity index (χ3v) is 5.24. The van der Waals surface area contributed by atoms with Crippen LogP contribution < -0.4 is 5.32 Å². The van der Waals surface area contributed by atoms with Crippen LogP contribution in [0.2, 0.25) is 0 Å². The molecular formula is C25H36N2O3. The summed E-state index contributed by atoms with van der Waals surface area (Å²) in [4.78, 5) is 13.1. The Morgan fingerprint density at radius 2 is 1.90 bits per heavy atom. The second kappa shape index (κ2) is 13.8. The molecule has 2 aliphatic heterocycles. The van der Waals surface area contributed by atoms with E-state index < -0.39 is 0 Å².